The average Bonchev–Trinajstić information content (AvgIpc) is 3.26. The zero-order valence-corrected chi connectivity index (χ0v) is 19.4. The first kappa shape index (κ1) is 22.1. The summed E-state index contributed by atoms with van der Waals surface area (Å²) in [7, 11) is 0. The normalized spacial score (nSPS) is 19.7. The van der Waals surface area contributed by atoms with Crippen LogP contribution in [-0.4, -0.2) is 53.5 Å². The van der Waals surface area contributed by atoms with Crippen LogP contribution in [0.1, 0.15) is 37.1 Å². The summed E-state index contributed by atoms with van der Waals surface area (Å²) in [6.07, 6.45) is 4.36. The number of hydrogen-bond donors (Lipinski definition) is 1. The van der Waals surface area contributed by atoms with Gasteiger partial charge in [0.2, 0.25) is 6.54 Å². The minimum Gasteiger partial charge on any atom is -0.380 e. The zero-order chi connectivity index (χ0) is 22.8. The van der Waals surface area contributed by atoms with Gasteiger partial charge in [-0.25, -0.2) is 11.6 Å². The van der Waals surface area contributed by atoms with E-state index in [2.05, 4.69) is 25.2 Å². The summed E-state index contributed by atoms with van der Waals surface area (Å²) in [4.78, 5) is 15.2. The fourth-order valence-electron chi connectivity index (χ4n) is 4.74. The number of ether oxygens (including phenoxy) is 1. The molecule has 5 rings (SSSR count). The number of piperidine rings is 1. The van der Waals surface area contributed by atoms with Gasteiger partial charge in [-0.15, -0.1) is 0 Å². The van der Waals surface area contributed by atoms with Gasteiger partial charge in [0.25, 0.3) is 5.89 Å². The summed E-state index contributed by atoms with van der Waals surface area (Å²) in [5.41, 5.74) is 2.38. The molecule has 1 aromatic carbocycles. The van der Waals surface area contributed by atoms with Gasteiger partial charge < -0.3 is 24.3 Å². The highest BCUT2D eigenvalue weighted by molar-refractivity contribution is 6.35. The topological polar surface area (TPSA) is 80.7 Å². The minimum atomic E-state index is 0.277. The Hall–Kier alpha value is -2.73. The molecule has 0 unspecified atom stereocenters. The van der Waals surface area contributed by atoms with Gasteiger partial charge in [0, 0.05) is 42.7 Å². The summed E-state index contributed by atoms with van der Waals surface area (Å²) in [5, 5.41) is 9.17. The number of pyridine rings is 1. The minimum absolute atomic E-state index is 0.277. The lowest BCUT2D eigenvalue weighted by atomic mass is 10.0. The maximum Gasteiger partial charge on any atom is 0.261 e. The lowest BCUT2D eigenvalue weighted by Crippen LogP contribution is -2.48. The smallest absolute Gasteiger partial charge is 0.261 e. The Kier molecular flexibility index (Phi) is 6.45. The maximum absolute atomic E-state index is 7.18. The molecule has 9 heteroatoms. The van der Waals surface area contributed by atoms with Gasteiger partial charge in [-0.1, -0.05) is 16.8 Å². The van der Waals surface area contributed by atoms with E-state index in [-0.39, 0.29) is 6.54 Å². The number of hydrogen-bond acceptors (Lipinski definition) is 7. The zero-order valence-electron chi connectivity index (χ0n) is 18.7. The van der Waals surface area contributed by atoms with E-state index in [1.807, 2.05) is 18.2 Å². The van der Waals surface area contributed by atoms with E-state index in [1.54, 1.807) is 6.92 Å². The van der Waals surface area contributed by atoms with Crippen LogP contribution in [0.5, 0.6) is 0 Å². The Balaban J connectivity index is 1.44. The Labute approximate surface area is 198 Å². The quantitative estimate of drug-likeness (QED) is 0.558. The van der Waals surface area contributed by atoms with Crippen molar-refractivity contribution < 1.29 is 9.26 Å². The van der Waals surface area contributed by atoms with Gasteiger partial charge in [-0.2, -0.15) is 4.98 Å². The second-order valence-corrected chi connectivity index (χ2v) is 9.22. The van der Waals surface area contributed by atoms with Crippen LogP contribution in [-0.2, 0) is 11.3 Å². The molecule has 172 valence electrons. The van der Waals surface area contributed by atoms with Crippen LogP contribution in [0, 0.1) is 13.5 Å². The molecule has 1 atom stereocenters. The van der Waals surface area contributed by atoms with E-state index in [9.17, 15) is 0 Å². The number of aryl methyl sites for hydroxylation is 1. The summed E-state index contributed by atoms with van der Waals surface area (Å²) in [6.45, 7) is 12.7. The molecule has 0 bridgehead atoms. The Morgan fingerprint density at radius 2 is 2.03 bits per heavy atom. The van der Waals surface area contributed by atoms with Crippen molar-refractivity contribution in [3.63, 3.8) is 0 Å². The molecule has 2 aliphatic heterocycles. The average molecular weight is 467 g/mol. The summed E-state index contributed by atoms with van der Waals surface area (Å²) in [6, 6.07) is 6.73. The summed E-state index contributed by atoms with van der Waals surface area (Å²) >= 11 is 6.59. The van der Waals surface area contributed by atoms with Gasteiger partial charge in [-0.05, 0) is 50.8 Å². The van der Waals surface area contributed by atoms with Crippen molar-refractivity contribution in [2.24, 2.45) is 0 Å². The molecular weight excluding hydrogens is 440 g/mol. The first-order chi connectivity index (χ1) is 16.1. The van der Waals surface area contributed by atoms with Crippen molar-refractivity contribution in [3.8, 4) is 11.5 Å². The molecular formula is C24H27ClN6O2. The van der Waals surface area contributed by atoms with E-state index >= 15 is 0 Å². The molecule has 2 saturated heterocycles. The molecule has 0 saturated carbocycles. The Bertz CT molecular complexity index is 1180. The highest BCUT2D eigenvalue weighted by Crippen LogP contribution is 2.36. The first-order valence-electron chi connectivity index (χ1n) is 11.5. The number of fused-ring (bicyclic) bond motifs is 1. The van der Waals surface area contributed by atoms with Crippen LogP contribution >= 0.6 is 11.6 Å². The van der Waals surface area contributed by atoms with Crippen molar-refractivity contribution >= 4 is 28.3 Å². The largest absolute Gasteiger partial charge is 0.380 e. The molecule has 4 heterocycles. The number of anilines is 1. The molecule has 3 aromatic rings. The number of nitrogens with one attached hydrogen (secondary N) is 1. The second-order valence-electron chi connectivity index (χ2n) is 8.81. The number of nitrogens with zero attached hydrogens (tertiary/aromatic N) is 5. The SMILES string of the molecule is [C-]#[N+]Cc1cc(Cl)c2nc(N3CCC(N[C@@H]4CCCOC4)CC3)c(-c3nc(C)no3)cc2c1. The molecule has 0 spiro atoms. The summed E-state index contributed by atoms with van der Waals surface area (Å²) in [5.74, 6) is 1.84. The van der Waals surface area contributed by atoms with Crippen molar-refractivity contribution in [1.29, 1.82) is 0 Å². The highest BCUT2D eigenvalue weighted by Gasteiger charge is 2.27. The Morgan fingerprint density at radius 3 is 2.73 bits per heavy atom. The van der Waals surface area contributed by atoms with E-state index in [4.69, 9.17) is 32.4 Å². The van der Waals surface area contributed by atoms with Crippen LogP contribution in [0.3, 0.4) is 0 Å². The highest BCUT2D eigenvalue weighted by atomic mass is 35.5. The van der Waals surface area contributed by atoms with Gasteiger partial charge in [0.15, 0.2) is 5.82 Å². The maximum atomic E-state index is 7.18. The van der Waals surface area contributed by atoms with Gasteiger partial charge in [0.05, 0.1) is 22.7 Å². The summed E-state index contributed by atoms with van der Waals surface area (Å²) < 4.78 is 11.1. The lowest BCUT2D eigenvalue weighted by molar-refractivity contribution is 0.0650. The third kappa shape index (κ3) is 4.81. The second kappa shape index (κ2) is 9.64. The van der Waals surface area contributed by atoms with Crippen molar-refractivity contribution in [2.75, 3.05) is 31.2 Å². The van der Waals surface area contributed by atoms with Gasteiger partial charge in [0.1, 0.15) is 5.82 Å². The van der Waals surface area contributed by atoms with Gasteiger partial charge >= 0.3 is 0 Å². The van der Waals surface area contributed by atoms with Crippen LogP contribution in [0.15, 0.2) is 22.7 Å². The molecule has 33 heavy (non-hydrogen) atoms. The van der Waals surface area contributed by atoms with Crippen LogP contribution in [0.4, 0.5) is 5.82 Å². The number of benzene rings is 1. The fraction of sp³-hybridized carbons (Fsp3) is 0.500. The van der Waals surface area contributed by atoms with Crippen LogP contribution in [0.2, 0.25) is 5.02 Å². The third-order valence-corrected chi connectivity index (χ3v) is 6.65. The molecule has 0 amide bonds. The molecule has 0 radical (unpaired) electrons. The third-order valence-electron chi connectivity index (χ3n) is 6.36. The molecule has 2 fully saturated rings. The fourth-order valence-corrected chi connectivity index (χ4v) is 5.04. The van der Waals surface area contributed by atoms with Gasteiger partial charge in [-0.3, -0.25) is 0 Å². The van der Waals surface area contributed by atoms with E-state index in [0.29, 0.717) is 28.8 Å². The monoisotopic (exact) mass is 466 g/mol. The molecule has 0 aliphatic carbocycles. The number of aromatic nitrogens is 3. The van der Waals surface area contributed by atoms with Crippen LogP contribution < -0.4 is 10.2 Å². The predicted molar refractivity (Wildman–Crippen MR) is 127 cm³/mol. The Morgan fingerprint density at radius 1 is 1.18 bits per heavy atom. The van der Waals surface area contributed by atoms with E-state index in [0.717, 1.165) is 73.4 Å². The molecule has 8 nitrogen and oxygen atoms in total. The molecule has 1 N–H and O–H groups in total. The number of halogens is 1. The predicted octanol–water partition coefficient (Wildman–Crippen LogP) is 4.40. The standard InChI is InChI=1S/C24H27ClN6O2/c1-15-27-24(33-30-15)20-12-17-10-16(13-26-2)11-21(25)22(17)29-23(20)31-7-5-18(6-8-31)28-19-4-3-9-32-14-19/h10-12,18-19,28H,3-9,13-14H2,1H3/t19-/m1/s1. The van der Waals surface area contributed by atoms with E-state index in [1.165, 1.54) is 6.42 Å². The van der Waals surface area contributed by atoms with Crippen molar-refractivity contribution in [3.05, 3.63) is 46.0 Å². The van der Waals surface area contributed by atoms with Crippen molar-refractivity contribution in [1.82, 2.24) is 20.4 Å². The number of rotatable bonds is 5. The van der Waals surface area contributed by atoms with E-state index < -0.39 is 0 Å². The molecule has 2 aromatic heterocycles. The van der Waals surface area contributed by atoms with Crippen molar-refractivity contribution in [2.45, 2.75) is 51.2 Å². The van der Waals surface area contributed by atoms with Crippen LogP contribution in [0.25, 0.3) is 27.2 Å². The first-order valence-corrected chi connectivity index (χ1v) is 11.8. The molecule has 2 aliphatic rings. The lowest BCUT2D eigenvalue weighted by Gasteiger charge is -2.36.